The number of fused-ring (bicyclic) bond motifs is 1. The van der Waals surface area contributed by atoms with Crippen molar-refractivity contribution in [3.8, 4) is 0 Å². The molecule has 1 aliphatic rings. The molecule has 0 saturated heterocycles. The summed E-state index contributed by atoms with van der Waals surface area (Å²) in [6.07, 6.45) is 2.97. The molecule has 1 aliphatic heterocycles. The van der Waals surface area contributed by atoms with Gasteiger partial charge in [-0.05, 0) is 60.9 Å². The number of hydrogen-bond donors (Lipinski definition) is 2. The summed E-state index contributed by atoms with van der Waals surface area (Å²) in [5, 5.41) is 2.72. The first-order valence-corrected chi connectivity index (χ1v) is 11.7. The first-order chi connectivity index (χ1) is 15.3. The van der Waals surface area contributed by atoms with Crippen molar-refractivity contribution in [1.29, 1.82) is 0 Å². The summed E-state index contributed by atoms with van der Waals surface area (Å²) < 4.78 is 33.9. The Kier molecular flexibility index (Phi) is 6.00. The third-order valence-electron chi connectivity index (χ3n) is 5.28. The van der Waals surface area contributed by atoms with Gasteiger partial charge in [0.25, 0.3) is 15.9 Å². The Hall–Kier alpha value is -3.59. The highest BCUT2D eigenvalue weighted by Crippen LogP contribution is 2.30. The number of nitrogens with zero attached hydrogens (tertiary/aromatic N) is 1. The second-order valence-corrected chi connectivity index (χ2v) is 9.16. The number of carbonyl (C=O) groups excluding carboxylic acids is 2. The van der Waals surface area contributed by atoms with E-state index in [9.17, 15) is 18.0 Å². The predicted molar refractivity (Wildman–Crippen MR) is 120 cm³/mol. The van der Waals surface area contributed by atoms with Gasteiger partial charge in [-0.25, -0.2) is 8.42 Å². The van der Waals surface area contributed by atoms with Crippen LogP contribution in [0.3, 0.4) is 0 Å². The van der Waals surface area contributed by atoms with Gasteiger partial charge >= 0.3 is 0 Å². The van der Waals surface area contributed by atoms with Crippen LogP contribution in [-0.2, 0) is 27.8 Å². The molecule has 0 radical (unpaired) electrons. The lowest BCUT2D eigenvalue weighted by molar-refractivity contribution is -0.116. The average molecular weight is 454 g/mol. The number of carbonyl (C=O) groups is 2. The van der Waals surface area contributed by atoms with E-state index in [0.29, 0.717) is 18.7 Å². The van der Waals surface area contributed by atoms with E-state index < -0.39 is 15.9 Å². The van der Waals surface area contributed by atoms with Gasteiger partial charge in [0.05, 0.1) is 29.0 Å². The summed E-state index contributed by atoms with van der Waals surface area (Å²) in [6.45, 7) is 2.30. The minimum Gasteiger partial charge on any atom is -0.467 e. The number of anilines is 2. The first-order valence-electron chi connectivity index (χ1n) is 10.2. The van der Waals surface area contributed by atoms with Crippen molar-refractivity contribution >= 4 is 33.2 Å². The van der Waals surface area contributed by atoms with E-state index in [1.807, 2.05) is 0 Å². The summed E-state index contributed by atoms with van der Waals surface area (Å²) in [6, 6.07) is 14.6. The molecular weight excluding hydrogens is 430 g/mol. The molecule has 8 nitrogen and oxygen atoms in total. The van der Waals surface area contributed by atoms with Gasteiger partial charge in [0, 0.05) is 19.2 Å². The van der Waals surface area contributed by atoms with E-state index in [-0.39, 0.29) is 28.6 Å². The highest BCUT2D eigenvalue weighted by atomic mass is 32.2. The molecule has 3 aromatic rings. The fourth-order valence-corrected chi connectivity index (χ4v) is 4.85. The topological polar surface area (TPSA) is 109 Å². The van der Waals surface area contributed by atoms with Crippen LogP contribution in [0.5, 0.6) is 0 Å². The van der Waals surface area contributed by atoms with Crippen LogP contribution in [0.2, 0.25) is 0 Å². The number of amides is 2. The maximum absolute atomic E-state index is 13.1. The Labute approximate surface area is 186 Å². The fourth-order valence-electron chi connectivity index (χ4n) is 3.72. The summed E-state index contributed by atoms with van der Waals surface area (Å²) in [5.41, 5.74) is 1.91. The molecule has 0 spiro atoms. The van der Waals surface area contributed by atoms with Crippen molar-refractivity contribution in [1.82, 2.24) is 5.32 Å². The molecule has 0 aliphatic carbocycles. The van der Waals surface area contributed by atoms with E-state index >= 15 is 0 Å². The van der Waals surface area contributed by atoms with E-state index in [1.165, 1.54) is 25.3 Å². The summed E-state index contributed by atoms with van der Waals surface area (Å²) in [5.74, 6) is 0.0847. The van der Waals surface area contributed by atoms with Crippen molar-refractivity contribution in [3.63, 3.8) is 0 Å². The van der Waals surface area contributed by atoms with Crippen molar-refractivity contribution in [3.05, 3.63) is 77.7 Å². The second-order valence-electron chi connectivity index (χ2n) is 7.48. The average Bonchev–Trinajstić information content (AvgIpc) is 3.30. The Morgan fingerprint density at radius 3 is 2.66 bits per heavy atom. The van der Waals surface area contributed by atoms with Crippen LogP contribution in [0.4, 0.5) is 11.4 Å². The molecule has 4 rings (SSSR count). The maximum atomic E-state index is 13.1. The second kappa shape index (κ2) is 8.88. The zero-order valence-corrected chi connectivity index (χ0v) is 18.3. The van der Waals surface area contributed by atoms with Gasteiger partial charge < -0.3 is 14.6 Å². The van der Waals surface area contributed by atoms with Gasteiger partial charge in [0.15, 0.2) is 0 Å². The van der Waals surface area contributed by atoms with Crippen LogP contribution in [0.25, 0.3) is 0 Å². The van der Waals surface area contributed by atoms with Crippen LogP contribution in [0.1, 0.15) is 35.0 Å². The van der Waals surface area contributed by atoms with Crippen LogP contribution < -0.4 is 14.9 Å². The number of para-hydroxylation sites is 1. The molecule has 0 unspecified atom stereocenters. The van der Waals surface area contributed by atoms with Crippen molar-refractivity contribution in [2.24, 2.45) is 0 Å². The first kappa shape index (κ1) is 21.6. The number of sulfonamides is 1. The molecule has 9 heteroatoms. The van der Waals surface area contributed by atoms with E-state index in [1.54, 1.807) is 47.4 Å². The molecular formula is C23H23N3O5S. The zero-order valence-electron chi connectivity index (χ0n) is 17.5. The molecule has 2 aromatic carbocycles. The van der Waals surface area contributed by atoms with Crippen molar-refractivity contribution in [2.45, 2.75) is 31.2 Å². The molecule has 2 amide bonds. The predicted octanol–water partition coefficient (Wildman–Crippen LogP) is 3.31. The van der Waals surface area contributed by atoms with Crippen LogP contribution in [0, 0.1) is 0 Å². The fraction of sp³-hybridized carbons (Fsp3) is 0.217. The van der Waals surface area contributed by atoms with Gasteiger partial charge in [0.1, 0.15) is 5.76 Å². The molecule has 1 aromatic heterocycles. The van der Waals surface area contributed by atoms with E-state index in [4.69, 9.17) is 4.42 Å². The summed E-state index contributed by atoms with van der Waals surface area (Å²) >= 11 is 0. The number of nitrogens with one attached hydrogen (secondary N) is 2. The van der Waals surface area contributed by atoms with E-state index in [0.717, 1.165) is 17.7 Å². The minimum absolute atomic E-state index is 0.0748. The molecule has 32 heavy (non-hydrogen) atoms. The Morgan fingerprint density at radius 2 is 1.91 bits per heavy atom. The van der Waals surface area contributed by atoms with Crippen molar-refractivity contribution in [2.75, 3.05) is 16.2 Å². The van der Waals surface area contributed by atoms with Gasteiger partial charge in [0.2, 0.25) is 5.91 Å². The number of aryl methyl sites for hydroxylation is 1. The third kappa shape index (κ3) is 4.52. The lowest BCUT2D eigenvalue weighted by Crippen LogP contribution is -2.33. The smallest absolute Gasteiger partial charge is 0.261 e. The Bertz CT molecular complexity index is 1250. The van der Waals surface area contributed by atoms with Crippen molar-refractivity contribution < 1.29 is 22.4 Å². The van der Waals surface area contributed by atoms with Gasteiger partial charge in [-0.1, -0.05) is 12.1 Å². The number of benzene rings is 2. The summed E-state index contributed by atoms with van der Waals surface area (Å²) in [7, 11) is -3.95. The highest BCUT2D eigenvalue weighted by Gasteiger charge is 2.24. The third-order valence-corrected chi connectivity index (χ3v) is 6.64. The van der Waals surface area contributed by atoms with Crippen LogP contribution >= 0.6 is 0 Å². The Morgan fingerprint density at radius 1 is 1.09 bits per heavy atom. The van der Waals surface area contributed by atoms with Gasteiger partial charge in [-0.3, -0.25) is 14.3 Å². The normalized spacial score (nSPS) is 13.3. The quantitative estimate of drug-likeness (QED) is 0.595. The maximum Gasteiger partial charge on any atom is 0.261 e. The number of rotatable bonds is 6. The van der Waals surface area contributed by atoms with Gasteiger partial charge in [-0.15, -0.1) is 0 Å². The molecule has 166 valence electrons. The highest BCUT2D eigenvalue weighted by molar-refractivity contribution is 7.92. The number of furan rings is 1. The lowest BCUT2D eigenvalue weighted by atomic mass is 10.0. The molecule has 0 fully saturated rings. The Balaban J connectivity index is 1.56. The monoisotopic (exact) mass is 453 g/mol. The SMILES string of the molecule is CC(=O)N1CCCc2cc(S(=O)(=O)Nc3ccccc3C(=O)NCc3ccco3)ccc21. The zero-order chi connectivity index (χ0) is 22.7. The molecule has 2 heterocycles. The largest absolute Gasteiger partial charge is 0.467 e. The lowest BCUT2D eigenvalue weighted by Gasteiger charge is -2.28. The summed E-state index contributed by atoms with van der Waals surface area (Å²) in [4.78, 5) is 26.2. The molecule has 0 saturated carbocycles. The molecule has 0 atom stereocenters. The van der Waals surface area contributed by atoms with Crippen LogP contribution in [0.15, 0.2) is 70.2 Å². The molecule has 2 N–H and O–H groups in total. The van der Waals surface area contributed by atoms with Gasteiger partial charge in [-0.2, -0.15) is 0 Å². The molecule has 0 bridgehead atoms. The minimum atomic E-state index is -3.95. The standard InChI is InChI=1S/C23H23N3O5S/c1-16(27)26-12-4-6-17-14-19(10-11-22(17)26)32(29,30)25-21-9-3-2-8-20(21)23(28)24-15-18-7-5-13-31-18/h2-3,5,7-11,13-14,25H,4,6,12,15H2,1H3,(H,24,28). The van der Waals surface area contributed by atoms with E-state index in [2.05, 4.69) is 10.0 Å². The van der Waals surface area contributed by atoms with Crippen LogP contribution in [-0.4, -0.2) is 26.8 Å². The number of hydrogen-bond acceptors (Lipinski definition) is 5.